The van der Waals surface area contributed by atoms with Crippen molar-refractivity contribution in [1.29, 1.82) is 0 Å². The Morgan fingerprint density at radius 2 is 1.67 bits per heavy atom. The summed E-state index contributed by atoms with van der Waals surface area (Å²) in [6.45, 7) is 6.14. The first kappa shape index (κ1) is 11.2. The lowest BCUT2D eigenvalue weighted by Crippen LogP contribution is -2.21. The van der Waals surface area contributed by atoms with Gasteiger partial charge in [-0.05, 0) is 31.9 Å². The number of hydrogen-bond acceptors (Lipinski definition) is 2. The molecule has 4 nitrogen and oxygen atoms in total. The van der Waals surface area contributed by atoms with E-state index in [1.165, 1.54) is 16.7 Å². The lowest BCUT2D eigenvalue weighted by atomic mass is 10.0. The molecule has 4 N–H and O–H groups in total. The number of benzene rings is 1. The second kappa shape index (κ2) is 4.59. The summed E-state index contributed by atoms with van der Waals surface area (Å²) >= 11 is 0. The lowest BCUT2D eigenvalue weighted by molar-refractivity contribution is 1.21. The maximum Gasteiger partial charge on any atom is 0.211 e. The maximum atomic E-state index is 5.17. The highest BCUT2D eigenvalue weighted by atomic mass is 15.3. The quantitative estimate of drug-likeness (QED) is 0.431. The molecule has 0 aliphatic rings. The summed E-state index contributed by atoms with van der Waals surface area (Å²) in [6.07, 6.45) is 1.67. The van der Waals surface area contributed by atoms with Gasteiger partial charge in [0.2, 0.25) is 5.96 Å². The molecule has 0 amide bonds. The molecule has 4 heteroatoms. The van der Waals surface area contributed by atoms with Crippen LogP contribution in [0.4, 0.5) is 0 Å². The highest BCUT2D eigenvalue weighted by Gasteiger charge is 2.00. The van der Waals surface area contributed by atoms with Crippen LogP contribution >= 0.6 is 0 Å². The molecule has 0 fully saturated rings. The van der Waals surface area contributed by atoms with E-state index in [2.05, 4.69) is 29.3 Å². The average Bonchev–Trinajstić information content (AvgIpc) is 2.08. The SMILES string of the molecule is Cc1cc(C)c(C=NN=C(N)N)c(C)c1. The highest BCUT2D eigenvalue weighted by molar-refractivity contribution is 5.84. The van der Waals surface area contributed by atoms with Crippen LogP contribution in [0, 0.1) is 20.8 Å². The van der Waals surface area contributed by atoms with Gasteiger partial charge in [-0.25, -0.2) is 0 Å². The summed E-state index contributed by atoms with van der Waals surface area (Å²) in [5.41, 5.74) is 15.0. The Morgan fingerprint density at radius 3 is 2.13 bits per heavy atom. The van der Waals surface area contributed by atoms with Gasteiger partial charge in [0.25, 0.3) is 0 Å². The Bertz CT molecular complexity index is 392. The Hall–Kier alpha value is -1.84. The molecule has 15 heavy (non-hydrogen) atoms. The fourth-order valence-electron chi connectivity index (χ4n) is 1.55. The second-order valence-corrected chi connectivity index (χ2v) is 3.58. The minimum Gasteiger partial charge on any atom is -0.369 e. The first-order valence-corrected chi connectivity index (χ1v) is 4.70. The molecule has 0 bridgehead atoms. The molecule has 0 spiro atoms. The Labute approximate surface area is 89.7 Å². The third-order valence-electron chi connectivity index (χ3n) is 2.10. The number of rotatable bonds is 2. The molecule has 0 radical (unpaired) electrons. The molecule has 0 saturated heterocycles. The zero-order valence-electron chi connectivity index (χ0n) is 9.28. The number of aryl methyl sites for hydroxylation is 3. The molecule has 1 aromatic carbocycles. The Balaban J connectivity index is 3.05. The van der Waals surface area contributed by atoms with E-state index in [4.69, 9.17) is 11.5 Å². The zero-order chi connectivity index (χ0) is 11.4. The molecule has 0 aliphatic heterocycles. The number of guanidine groups is 1. The molecule has 80 valence electrons. The van der Waals surface area contributed by atoms with Crippen LogP contribution in [0.5, 0.6) is 0 Å². The van der Waals surface area contributed by atoms with Crippen molar-refractivity contribution < 1.29 is 0 Å². The summed E-state index contributed by atoms with van der Waals surface area (Å²) in [5, 5.41) is 7.37. The second-order valence-electron chi connectivity index (χ2n) is 3.58. The monoisotopic (exact) mass is 204 g/mol. The van der Waals surface area contributed by atoms with Gasteiger partial charge in [-0.15, -0.1) is 5.10 Å². The van der Waals surface area contributed by atoms with Crippen LogP contribution in [-0.2, 0) is 0 Å². The lowest BCUT2D eigenvalue weighted by Gasteiger charge is -2.05. The third kappa shape index (κ3) is 3.09. The van der Waals surface area contributed by atoms with Gasteiger partial charge >= 0.3 is 0 Å². The van der Waals surface area contributed by atoms with Gasteiger partial charge < -0.3 is 11.5 Å². The minimum atomic E-state index is -0.0336. The van der Waals surface area contributed by atoms with Crippen molar-refractivity contribution in [3.05, 3.63) is 34.4 Å². The van der Waals surface area contributed by atoms with Crippen LogP contribution in [0.15, 0.2) is 22.3 Å². The summed E-state index contributed by atoms with van der Waals surface area (Å²) in [4.78, 5) is 0. The van der Waals surface area contributed by atoms with E-state index in [1.54, 1.807) is 6.21 Å². The first-order valence-electron chi connectivity index (χ1n) is 4.70. The van der Waals surface area contributed by atoms with Crippen molar-refractivity contribution in [2.24, 2.45) is 21.7 Å². The van der Waals surface area contributed by atoms with Gasteiger partial charge in [-0.2, -0.15) is 5.10 Å². The van der Waals surface area contributed by atoms with Crippen LogP contribution in [0.25, 0.3) is 0 Å². The summed E-state index contributed by atoms with van der Waals surface area (Å²) in [7, 11) is 0. The molecule has 0 atom stereocenters. The fourth-order valence-corrected chi connectivity index (χ4v) is 1.55. The third-order valence-corrected chi connectivity index (χ3v) is 2.10. The molecule has 0 unspecified atom stereocenters. The molecular weight excluding hydrogens is 188 g/mol. The van der Waals surface area contributed by atoms with Gasteiger partial charge in [0.1, 0.15) is 0 Å². The topological polar surface area (TPSA) is 76.8 Å². The first-order chi connectivity index (χ1) is 7.00. The molecule has 0 aliphatic carbocycles. The van der Waals surface area contributed by atoms with E-state index in [-0.39, 0.29) is 5.96 Å². The fraction of sp³-hybridized carbons (Fsp3) is 0.273. The summed E-state index contributed by atoms with van der Waals surface area (Å²) < 4.78 is 0. The molecule has 0 saturated carbocycles. The maximum absolute atomic E-state index is 5.17. The van der Waals surface area contributed by atoms with E-state index in [0.717, 1.165) is 5.56 Å². The predicted octanol–water partition coefficient (Wildman–Crippen LogP) is 1.22. The van der Waals surface area contributed by atoms with Gasteiger partial charge in [0, 0.05) is 5.56 Å². The van der Waals surface area contributed by atoms with Crippen LogP contribution in [0.1, 0.15) is 22.3 Å². The standard InChI is InChI=1S/C11H16N4/c1-7-4-8(2)10(9(3)5-7)6-14-15-11(12)13/h4-6H,1-3H3,(H4,12,13,15). The van der Waals surface area contributed by atoms with Crippen molar-refractivity contribution in [3.8, 4) is 0 Å². The van der Waals surface area contributed by atoms with Crippen molar-refractivity contribution in [3.63, 3.8) is 0 Å². The van der Waals surface area contributed by atoms with Crippen LogP contribution in [0.2, 0.25) is 0 Å². The smallest absolute Gasteiger partial charge is 0.211 e. The van der Waals surface area contributed by atoms with Gasteiger partial charge in [0.05, 0.1) is 6.21 Å². The van der Waals surface area contributed by atoms with Crippen LogP contribution in [-0.4, -0.2) is 12.2 Å². The number of nitrogens with zero attached hydrogens (tertiary/aromatic N) is 2. The van der Waals surface area contributed by atoms with Gasteiger partial charge in [-0.1, -0.05) is 17.7 Å². The normalized spacial score (nSPS) is 10.6. The van der Waals surface area contributed by atoms with E-state index in [0.29, 0.717) is 0 Å². The Kier molecular flexibility index (Phi) is 3.44. The predicted molar refractivity (Wildman–Crippen MR) is 64.1 cm³/mol. The number of hydrogen-bond donors (Lipinski definition) is 2. The zero-order valence-corrected chi connectivity index (χ0v) is 9.28. The average molecular weight is 204 g/mol. The van der Waals surface area contributed by atoms with E-state index in [9.17, 15) is 0 Å². The molecule has 0 heterocycles. The van der Waals surface area contributed by atoms with Gasteiger partial charge in [-0.3, -0.25) is 0 Å². The molecular formula is C11H16N4. The van der Waals surface area contributed by atoms with Crippen LogP contribution in [0.3, 0.4) is 0 Å². The van der Waals surface area contributed by atoms with Crippen molar-refractivity contribution in [1.82, 2.24) is 0 Å². The van der Waals surface area contributed by atoms with Crippen molar-refractivity contribution in [2.75, 3.05) is 0 Å². The summed E-state index contributed by atoms with van der Waals surface area (Å²) in [5.74, 6) is -0.0336. The summed E-state index contributed by atoms with van der Waals surface area (Å²) in [6, 6.07) is 4.20. The van der Waals surface area contributed by atoms with E-state index >= 15 is 0 Å². The largest absolute Gasteiger partial charge is 0.369 e. The molecule has 1 rings (SSSR count). The van der Waals surface area contributed by atoms with Crippen molar-refractivity contribution >= 4 is 12.2 Å². The van der Waals surface area contributed by atoms with Gasteiger partial charge in [0.15, 0.2) is 0 Å². The molecule has 0 aromatic heterocycles. The highest BCUT2D eigenvalue weighted by Crippen LogP contribution is 2.14. The molecule has 1 aromatic rings. The van der Waals surface area contributed by atoms with E-state index < -0.39 is 0 Å². The number of nitrogens with two attached hydrogens (primary N) is 2. The minimum absolute atomic E-state index is 0.0336. The van der Waals surface area contributed by atoms with Crippen LogP contribution < -0.4 is 11.5 Å². The van der Waals surface area contributed by atoms with E-state index in [1.807, 2.05) is 13.8 Å². The Morgan fingerprint density at radius 1 is 1.13 bits per heavy atom. The van der Waals surface area contributed by atoms with Crippen molar-refractivity contribution in [2.45, 2.75) is 20.8 Å².